The van der Waals surface area contributed by atoms with Crippen molar-refractivity contribution in [1.82, 2.24) is 4.57 Å². The molecule has 2 heteroatoms. The molecule has 2 nitrogen and oxygen atoms in total. The molecular formula is C22H15NO. The van der Waals surface area contributed by atoms with Gasteiger partial charge in [0, 0.05) is 10.8 Å². The number of fused-ring (bicyclic) bond motifs is 4. The molecule has 3 aromatic carbocycles. The first-order valence-electron chi connectivity index (χ1n) is 8.10. The molecule has 0 N–H and O–H groups in total. The Morgan fingerprint density at radius 1 is 0.750 bits per heavy atom. The summed E-state index contributed by atoms with van der Waals surface area (Å²) in [5.41, 5.74) is 5.25. The smallest absolute Gasteiger partial charge is 0.263 e. The van der Waals surface area contributed by atoms with Crippen LogP contribution in [0.15, 0.2) is 65.5 Å². The topological polar surface area (TPSA) is 22.0 Å². The standard InChI is InChI=1S/C22H15NO/c1-14-6-4-10-18-20(14)17-9-5-8-16-13-12-15-7-2-3-11-19(15)23(21(16)17)22(18)24/h2-13H,1H3. The number of hydrogen-bond donors (Lipinski definition) is 0. The normalized spacial score (nSPS) is 12.4. The molecular weight excluding hydrogens is 294 g/mol. The van der Waals surface area contributed by atoms with E-state index < -0.39 is 0 Å². The molecule has 0 fully saturated rings. The highest BCUT2D eigenvalue weighted by molar-refractivity contribution is 6.11. The summed E-state index contributed by atoms with van der Waals surface area (Å²) in [6.45, 7) is 2.07. The van der Waals surface area contributed by atoms with Gasteiger partial charge in [-0.15, -0.1) is 0 Å². The number of benzene rings is 3. The molecule has 0 spiro atoms. The molecule has 0 saturated heterocycles. The van der Waals surface area contributed by atoms with Crippen molar-refractivity contribution >= 4 is 33.8 Å². The van der Waals surface area contributed by atoms with Gasteiger partial charge in [-0.05, 0) is 41.1 Å². The van der Waals surface area contributed by atoms with Gasteiger partial charge in [0.15, 0.2) is 0 Å². The highest BCUT2D eigenvalue weighted by atomic mass is 16.1. The summed E-state index contributed by atoms with van der Waals surface area (Å²) in [6, 6.07) is 20.3. The van der Waals surface area contributed by atoms with E-state index >= 15 is 0 Å². The van der Waals surface area contributed by atoms with E-state index in [9.17, 15) is 4.79 Å². The van der Waals surface area contributed by atoms with E-state index in [0.717, 1.165) is 44.1 Å². The molecule has 0 bridgehead atoms. The van der Waals surface area contributed by atoms with Crippen LogP contribution in [-0.2, 0) is 0 Å². The largest absolute Gasteiger partial charge is 0.275 e. The van der Waals surface area contributed by atoms with E-state index in [-0.39, 0.29) is 5.56 Å². The Balaban J connectivity index is 2.17. The van der Waals surface area contributed by atoms with Gasteiger partial charge in [0.2, 0.25) is 0 Å². The molecule has 1 aliphatic heterocycles. The van der Waals surface area contributed by atoms with Crippen molar-refractivity contribution in [3.63, 3.8) is 0 Å². The van der Waals surface area contributed by atoms with Crippen LogP contribution in [0.1, 0.15) is 16.7 Å². The molecule has 1 aliphatic rings. The monoisotopic (exact) mass is 309 g/mol. The van der Waals surface area contributed by atoms with Crippen LogP contribution in [0.2, 0.25) is 0 Å². The molecule has 4 aromatic rings. The van der Waals surface area contributed by atoms with Gasteiger partial charge in [-0.25, -0.2) is 0 Å². The van der Waals surface area contributed by atoms with Gasteiger partial charge in [-0.1, -0.05) is 60.7 Å². The quantitative estimate of drug-likeness (QED) is 0.371. The molecule has 0 amide bonds. The lowest BCUT2D eigenvalue weighted by atomic mass is 9.99. The molecule has 0 saturated carbocycles. The Kier molecular flexibility index (Phi) is 2.60. The van der Waals surface area contributed by atoms with Gasteiger partial charge < -0.3 is 0 Å². The molecule has 1 aromatic heterocycles. The van der Waals surface area contributed by atoms with Crippen molar-refractivity contribution in [2.45, 2.75) is 6.92 Å². The second-order valence-electron chi connectivity index (χ2n) is 6.27. The van der Waals surface area contributed by atoms with E-state index in [1.807, 2.05) is 34.9 Å². The Morgan fingerprint density at radius 2 is 1.46 bits per heavy atom. The van der Waals surface area contributed by atoms with E-state index in [1.165, 1.54) is 0 Å². The second kappa shape index (κ2) is 4.68. The number of aromatic nitrogens is 1. The zero-order chi connectivity index (χ0) is 16.3. The summed E-state index contributed by atoms with van der Waals surface area (Å²) < 4.78 is 1.88. The van der Waals surface area contributed by atoms with Crippen LogP contribution in [0.3, 0.4) is 0 Å². The number of rotatable bonds is 0. The summed E-state index contributed by atoms with van der Waals surface area (Å²) in [7, 11) is 0. The summed E-state index contributed by atoms with van der Waals surface area (Å²) in [5, 5.41) is 2.96. The van der Waals surface area contributed by atoms with Crippen LogP contribution in [-0.4, -0.2) is 4.57 Å². The van der Waals surface area contributed by atoms with Crippen molar-refractivity contribution in [3.8, 4) is 5.69 Å². The molecule has 24 heavy (non-hydrogen) atoms. The number of para-hydroxylation sites is 2. The highest BCUT2D eigenvalue weighted by Crippen LogP contribution is 2.33. The first kappa shape index (κ1) is 13.3. The van der Waals surface area contributed by atoms with Crippen molar-refractivity contribution in [2.24, 2.45) is 0 Å². The lowest BCUT2D eigenvalue weighted by Crippen LogP contribution is -2.20. The molecule has 114 valence electrons. The fourth-order valence-electron chi connectivity index (χ4n) is 3.81. The average molecular weight is 309 g/mol. The minimum atomic E-state index is 0.0461. The molecule has 0 atom stereocenters. The van der Waals surface area contributed by atoms with E-state index in [2.05, 4.69) is 49.4 Å². The maximum absolute atomic E-state index is 13.4. The minimum absolute atomic E-state index is 0.0461. The number of pyridine rings is 1. The van der Waals surface area contributed by atoms with Crippen LogP contribution in [0, 0.1) is 6.92 Å². The molecule has 0 aliphatic carbocycles. The van der Waals surface area contributed by atoms with Gasteiger partial charge in [0.05, 0.1) is 11.2 Å². The first-order chi connectivity index (χ1) is 11.8. The number of aryl methyl sites for hydroxylation is 1. The summed E-state index contributed by atoms with van der Waals surface area (Å²) in [5.74, 6) is 0. The highest BCUT2D eigenvalue weighted by Gasteiger charge is 2.18. The zero-order valence-corrected chi connectivity index (χ0v) is 13.3. The SMILES string of the molecule is Cc1cccc2c(=O)n3c4c(cccc4c12)C=Cc1ccccc1-3. The van der Waals surface area contributed by atoms with Crippen molar-refractivity contribution < 1.29 is 0 Å². The minimum Gasteiger partial charge on any atom is -0.275 e. The van der Waals surface area contributed by atoms with Crippen LogP contribution in [0.4, 0.5) is 0 Å². The fraction of sp³-hybridized carbons (Fsp3) is 0.0455. The molecule has 2 heterocycles. The maximum Gasteiger partial charge on any atom is 0.263 e. The second-order valence-corrected chi connectivity index (χ2v) is 6.27. The average Bonchev–Trinajstić information content (AvgIpc) is 2.77. The van der Waals surface area contributed by atoms with Gasteiger partial charge in [0.25, 0.3) is 5.56 Å². The van der Waals surface area contributed by atoms with Crippen LogP contribution in [0.5, 0.6) is 0 Å². The van der Waals surface area contributed by atoms with Crippen LogP contribution < -0.4 is 5.56 Å². The zero-order valence-electron chi connectivity index (χ0n) is 13.3. The summed E-state index contributed by atoms with van der Waals surface area (Å²) in [6.07, 6.45) is 4.20. The Bertz CT molecular complexity index is 1230. The van der Waals surface area contributed by atoms with Gasteiger partial charge >= 0.3 is 0 Å². The Morgan fingerprint density at radius 3 is 2.38 bits per heavy atom. The molecule has 0 radical (unpaired) electrons. The third-order valence-electron chi connectivity index (χ3n) is 4.89. The number of hydrogen-bond acceptors (Lipinski definition) is 1. The third-order valence-corrected chi connectivity index (χ3v) is 4.89. The summed E-state index contributed by atoms with van der Waals surface area (Å²) >= 11 is 0. The predicted octanol–water partition coefficient (Wildman–Crippen LogP) is 4.94. The first-order valence-corrected chi connectivity index (χ1v) is 8.10. The predicted molar refractivity (Wildman–Crippen MR) is 101 cm³/mol. The van der Waals surface area contributed by atoms with Crippen molar-refractivity contribution in [3.05, 3.63) is 87.7 Å². The summed E-state index contributed by atoms with van der Waals surface area (Å²) in [4.78, 5) is 13.4. The Labute approximate surface area is 139 Å². The third kappa shape index (κ3) is 1.63. The molecule has 0 unspecified atom stereocenters. The molecule has 5 rings (SSSR count). The Hall–Kier alpha value is -3.13. The van der Waals surface area contributed by atoms with E-state index in [1.54, 1.807) is 0 Å². The lowest BCUT2D eigenvalue weighted by Gasteiger charge is -2.16. The van der Waals surface area contributed by atoms with Gasteiger partial charge in [0.1, 0.15) is 0 Å². The van der Waals surface area contributed by atoms with Gasteiger partial charge in [-0.3, -0.25) is 9.36 Å². The lowest BCUT2D eigenvalue weighted by molar-refractivity contribution is 1.06. The fourth-order valence-corrected chi connectivity index (χ4v) is 3.81. The van der Waals surface area contributed by atoms with Crippen LogP contribution >= 0.6 is 0 Å². The van der Waals surface area contributed by atoms with Crippen molar-refractivity contribution in [2.75, 3.05) is 0 Å². The number of nitrogens with zero attached hydrogens (tertiary/aromatic N) is 1. The van der Waals surface area contributed by atoms with E-state index in [0.29, 0.717) is 0 Å². The van der Waals surface area contributed by atoms with Crippen molar-refractivity contribution in [1.29, 1.82) is 0 Å². The van der Waals surface area contributed by atoms with E-state index in [4.69, 9.17) is 0 Å². The maximum atomic E-state index is 13.4. The van der Waals surface area contributed by atoms with Gasteiger partial charge in [-0.2, -0.15) is 0 Å². The van der Waals surface area contributed by atoms with Crippen LogP contribution in [0.25, 0.3) is 39.5 Å².